The van der Waals surface area contributed by atoms with Crippen molar-refractivity contribution in [2.24, 2.45) is 0 Å². The van der Waals surface area contributed by atoms with E-state index in [-0.39, 0.29) is 12.2 Å². The molecule has 6 nitrogen and oxygen atoms in total. The van der Waals surface area contributed by atoms with Crippen molar-refractivity contribution in [2.45, 2.75) is 25.4 Å². The van der Waals surface area contributed by atoms with Crippen LogP contribution < -0.4 is 4.74 Å². The second-order valence-electron chi connectivity index (χ2n) is 8.84. The molecule has 38 heavy (non-hydrogen) atoms. The quantitative estimate of drug-likeness (QED) is 0.316. The van der Waals surface area contributed by atoms with Gasteiger partial charge in [0.2, 0.25) is 0 Å². The van der Waals surface area contributed by atoms with Gasteiger partial charge in [0, 0.05) is 15.6 Å². The average molecular weight is 584 g/mol. The van der Waals surface area contributed by atoms with Crippen LogP contribution in [0.5, 0.6) is 5.75 Å². The van der Waals surface area contributed by atoms with Crippen molar-refractivity contribution in [1.82, 2.24) is 0 Å². The van der Waals surface area contributed by atoms with Gasteiger partial charge in [0.05, 0.1) is 52.9 Å². The van der Waals surface area contributed by atoms with Crippen molar-refractivity contribution in [3.8, 4) is 5.75 Å². The topological polar surface area (TPSA) is 55.4 Å². The maximum absolute atomic E-state index is 6.43. The highest BCUT2D eigenvalue weighted by atomic mass is 79.9. The van der Waals surface area contributed by atoms with Crippen LogP contribution in [-0.4, -0.2) is 46.2 Å². The lowest BCUT2D eigenvalue weighted by molar-refractivity contribution is -0.0559. The first kappa shape index (κ1) is 28.5. The fourth-order valence-electron chi connectivity index (χ4n) is 4.17. The van der Waals surface area contributed by atoms with Gasteiger partial charge in [0.15, 0.2) is 0 Å². The lowest BCUT2D eigenvalue weighted by atomic mass is 10.1. The van der Waals surface area contributed by atoms with Gasteiger partial charge in [-0.05, 0) is 23.3 Å². The molecule has 0 saturated carbocycles. The Balaban J connectivity index is 1.62. The number of halogens is 1. The van der Waals surface area contributed by atoms with Crippen molar-refractivity contribution >= 4 is 15.9 Å². The predicted molar refractivity (Wildman–Crippen MR) is 150 cm³/mol. The Labute approximate surface area is 233 Å². The molecule has 2 bridgehead atoms. The van der Waals surface area contributed by atoms with Gasteiger partial charge in [0.1, 0.15) is 24.6 Å². The average Bonchev–Trinajstić information content (AvgIpc) is 2.95. The number of ether oxygens (including phenoxy) is 6. The molecule has 3 aromatic carbocycles. The molecule has 0 N–H and O–H groups in total. The minimum atomic E-state index is -0.244. The highest BCUT2D eigenvalue weighted by molar-refractivity contribution is 9.10. The zero-order chi connectivity index (χ0) is 26.4. The fourth-order valence-corrected chi connectivity index (χ4v) is 4.72. The Morgan fingerprint density at radius 2 is 1.21 bits per heavy atom. The van der Waals surface area contributed by atoms with E-state index in [9.17, 15) is 0 Å². The molecule has 0 saturated heterocycles. The van der Waals surface area contributed by atoms with Crippen molar-refractivity contribution in [3.63, 3.8) is 0 Å². The Bertz CT molecular complexity index is 1030. The van der Waals surface area contributed by atoms with Gasteiger partial charge < -0.3 is 28.4 Å². The van der Waals surface area contributed by atoms with E-state index in [0.29, 0.717) is 59.5 Å². The van der Waals surface area contributed by atoms with Gasteiger partial charge >= 0.3 is 0 Å². The summed E-state index contributed by atoms with van der Waals surface area (Å²) in [6.07, 6.45) is 1.25. The second kappa shape index (κ2) is 15.8. The van der Waals surface area contributed by atoms with Crippen molar-refractivity contribution in [2.75, 3.05) is 46.2 Å². The molecular formula is C31H35BrO6. The molecule has 0 amide bonds. The van der Waals surface area contributed by atoms with Crippen LogP contribution in [0.25, 0.3) is 0 Å². The van der Waals surface area contributed by atoms with E-state index in [1.807, 2.05) is 72.8 Å². The van der Waals surface area contributed by atoms with E-state index < -0.39 is 0 Å². The first-order chi connectivity index (χ1) is 18.7. The molecule has 3 aromatic rings. The first-order valence-corrected chi connectivity index (χ1v) is 13.6. The molecule has 7 heteroatoms. The molecule has 0 aromatic heterocycles. The Morgan fingerprint density at radius 3 is 1.68 bits per heavy atom. The van der Waals surface area contributed by atoms with Crippen LogP contribution in [0.4, 0.5) is 0 Å². The van der Waals surface area contributed by atoms with Gasteiger partial charge in [-0.15, -0.1) is 0 Å². The monoisotopic (exact) mass is 582 g/mol. The van der Waals surface area contributed by atoms with Gasteiger partial charge in [-0.3, -0.25) is 0 Å². The van der Waals surface area contributed by atoms with Crippen LogP contribution in [0.1, 0.15) is 34.5 Å². The zero-order valence-corrected chi connectivity index (χ0v) is 23.1. The highest BCUT2D eigenvalue weighted by Gasteiger charge is 2.19. The fraction of sp³-hybridized carbons (Fsp3) is 0.355. The van der Waals surface area contributed by atoms with Crippen molar-refractivity contribution < 1.29 is 28.4 Å². The second-order valence-corrected chi connectivity index (χ2v) is 9.75. The normalized spacial score (nSPS) is 20.1. The minimum absolute atomic E-state index is 0.244. The molecule has 202 valence electrons. The molecule has 0 fully saturated rings. The van der Waals surface area contributed by atoms with Gasteiger partial charge in [-0.25, -0.2) is 0 Å². The van der Waals surface area contributed by atoms with Crippen LogP contribution in [-0.2, 0) is 36.9 Å². The van der Waals surface area contributed by atoms with E-state index >= 15 is 0 Å². The summed E-state index contributed by atoms with van der Waals surface area (Å²) in [7, 11) is 0. The maximum atomic E-state index is 6.43. The summed E-state index contributed by atoms with van der Waals surface area (Å²) in [5.41, 5.74) is 3.93. The third-order valence-electron chi connectivity index (χ3n) is 6.06. The maximum Gasteiger partial charge on any atom is 0.130 e. The van der Waals surface area contributed by atoms with Crippen molar-refractivity contribution in [1.29, 1.82) is 0 Å². The summed E-state index contributed by atoms with van der Waals surface area (Å²) in [5.74, 6) is 0.739. The zero-order valence-electron chi connectivity index (χ0n) is 21.6. The molecule has 0 unspecified atom stereocenters. The summed E-state index contributed by atoms with van der Waals surface area (Å²) in [5, 5.41) is 0. The van der Waals surface area contributed by atoms with E-state index in [1.165, 1.54) is 0 Å². The summed E-state index contributed by atoms with van der Waals surface area (Å²) in [6, 6.07) is 24.2. The summed E-state index contributed by atoms with van der Waals surface area (Å²) in [6.45, 7) is 7.60. The van der Waals surface area contributed by atoms with Crippen LogP contribution in [0.2, 0.25) is 0 Å². The van der Waals surface area contributed by atoms with Crippen LogP contribution in [0.3, 0.4) is 0 Å². The molecule has 1 aliphatic heterocycles. The molecule has 2 atom stereocenters. The van der Waals surface area contributed by atoms with Gasteiger partial charge in [-0.1, -0.05) is 89.2 Å². The van der Waals surface area contributed by atoms with Crippen LogP contribution in [0, 0.1) is 0 Å². The molecule has 1 aliphatic rings. The number of benzene rings is 3. The number of hydrogen-bond acceptors (Lipinski definition) is 6. The van der Waals surface area contributed by atoms with Crippen molar-refractivity contribution in [3.05, 3.63) is 112 Å². The molecule has 1 heterocycles. The van der Waals surface area contributed by atoms with Gasteiger partial charge in [-0.2, -0.15) is 0 Å². The smallest absolute Gasteiger partial charge is 0.130 e. The van der Waals surface area contributed by atoms with E-state index in [0.717, 1.165) is 32.5 Å². The third kappa shape index (κ3) is 8.76. The number of fused-ring (bicyclic) bond motifs is 2. The van der Waals surface area contributed by atoms with E-state index in [1.54, 1.807) is 6.08 Å². The van der Waals surface area contributed by atoms with E-state index in [2.05, 4.69) is 22.5 Å². The third-order valence-corrected chi connectivity index (χ3v) is 6.52. The molecule has 0 radical (unpaired) electrons. The minimum Gasteiger partial charge on any atom is -0.489 e. The lowest BCUT2D eigenvalue weighted by Gasteiger charge is -2.23. The molecular weight excluding hydrogens is 548 g/mol. The molecule has 0 spiro atoms. The highest BCUT2D eigenvalue weighted by Crippen LogP contribution is 2.33. The lowest BCUT2D eigenvalue weighted by Crippen LogP contribution is -2.18. The van der Waals surface area contributed by atoms with Gasteiger partial charge in [0.25, 0.3) is 0 Å². The molecule has 0 aliphatic carbocycles. The number of rotatable bonds is 5. The Kier molecular flexibility index (Phi) is 11.8. The largest absolute Gasteiger partial charge is 0.489 e. The van der Waals surface area contributed by atoms with E-state index in [4.69, 9.17) is 28.4 Å². The number of hydrogen-bond donors (Lipinski definition) is 0. The first-order valence-electron chi connectivity index (χ1n) is 12.9. The summed E-state index contributed by atoms with van der Waals surface area (Å²) < 4.78 is 37.5. The van der Waals surface area contributed by atoms with Crippen LogP contribution >= 0.6 is 15.9 Å². The SMILES string of the molecule is C=CCOc1c2cc(Br)cc1CO[C@@H](c1ccccc1)COCCOCCOC[C@H](c1ccccc1)OC2. The standard InChI is InChI=1S/C31H35BrO6/c1-2-13-36-31-26-18-28(32)19-27(31)21-38-30(25-11-7-4-8-12-25)23-35-17-15-33-14-16-34-22-29(37-20-26)24-9-5-3-6-10-24/h2-12,18-19,29-30H,1,13-17,20-23H2/t29-,30-/m1/s1. The summed E-state index contributed by atoms with van der Waals surface area (Å²) in [4.78, 5) is 0. The Hall–Kier alpha value is -2.52. The molecule has 4 rings (SSSR count). The predicted octanol–water partition coefficient (Wildman–Crippen LogP) is 6.59. The Morgan fingerprint density at radius 1 is 0.737 bits per heavy atom. The van der Waals surface area contributed by atoms with Crippen LogP contribution in [0.15, 0.2) is 89.9 Å². The summed E-state index contributed by atoms with van der Waals surface area (Å²) >= 11 is 3.67.